The van der Waals surface area contributed by atoms with Crippen LogP contribution in [-0.4, -0.2) is 14.8 Å². The predicted octanol–water partition coefficient (Wildman–Crippen LogP) is 3.61. The summed E-state index contributed by atoms with van der Waals surface area (Å²) in [6, 6.07) is 5.45. The lowest BCUT2D eigenvalue weighted by atomic mass is 10.3. The molecule has 1 aromatic carbocycles. The Kier molecular flexibility index (Phi) is 4.44. The smallest absolute Gasteiger partial charge is 0.146 e. The average Bonchev–Trinajstić information content (AvgIpc) is 2.79. The molecule has 2 aromatic rings. The Morgan fingerprint density at radius 2 is 2.11 bits per heavy atom. The molecule has 0 amide bonds. The van der Waals surface area contributed by atoms with Crippen LogP contribution in [0.25, 0.3) is 0 Å². The summed E-state index contributed by atoms with van der Waals surface area (Å²) in [5.41, 5.74) is 0.912. The minimum atomic E-state index is 0.539. The Balaban J connectivity index is 2.02. The maximum atomic E-state index is 5.95. The van der Waals surface area contributed by atoms with E-state index < -0.39 is 0 Å². The van der Waals surface area contributed by atoms with E-state index >= 15 is 0 Å². The van der Waals surface area contributed by atoms with Crippen molar-refractivity contribution in [1.29, 1.82) is 0 Å². The second-order valence-corrected chi connectivity index (χ2v) is 4.70. The largest absolute Gasteiger partial charge is 0.378 e. The first kappa shape index (κ1) is 13.2. The van der Waals surface area contributed by atoms with E-state index in [2.05, 4.69) is 22.3 Å². The summed E-state index contributed by atoms with van der Waals surface area (Å²) in [6.07, 6.45) is 2.60. The highest BCUT2D eigenvalue weighted by Crippen LogP contribution is 2.25. The Morgan fingerprint density at radius 1 is 1.28 bits per heavy atom. The first-order valence-corrected chi connectivity index (χ1v) is 6.52. The first-order valence-electron chi connectivity index (χ1n) is 5.76. The average molecular weight is 285 g/mol. The summed E-state index contributed by atoms with van der Waals surface area (Å²) in [6.45, 7) is 3.59. The van der Waals surface area contributed by atoms with Crippen molar-refractivity contribution in [1.82, 2.24) is 14.8 Å². The van der Waals surface area contributed by atoms with Crippen LogP contribution in [0.1, 0.15) is 19.2 Å². The van der Waals surface area contributed by atoms with Gasteiger partial charge in [0.25, 0.3) is 0 Å². The van der Waals surface area contributed by atoms with Gasteiger partial charge < -0.3 is 5.32 Å². The van der Waals surface area contributed by atoms with Crippen molar-refractivity contribution >= 4 is 28.9 Å². The maximum Gasteiger partial charge on any atom is 0.146 e. The first-order chi connectivity index (χ1) is 8.70. The van der Waals surface area contributed by atoms with Crippen molar-refractivity contribution in [2.24, 2.45) is 0 Å². The quantitative estimate of drug-likeness (QED) is 0.912. The fourth-order valence-corrected chi connectivity index (χ4v) is 1.91. The fraction of sp³-hybridized carbons (Fsp3) is 0.333. The molecule has 0 saturated carbocycles. The Bertz CT molecular complexity index is 525. The molecule has 0 bridgehead atoms. The SMILES string of the molecule is CCCn1ncnc1CNc1ccc(Cl)c(Cl)c1. The van der Waals surface area contributed by atoms with Gasteiger partial charge in [0.1, 0.15) is 12.2 Å². The number of aromatic nitrogens is 3. The standard InChI is InChI=1S/C12H14Cl2N4/c1-2-5-18-12(16-8-17-18)7-15-9-3-4-10(13)11(14)6-9/h3-4,6,8,15H,2,5,7H2,1H3. The van der Waals surface area contributed by atoms with Gasteiger partial charge in [-0.25, -0.2) is 9.67 Å². The molecule has 0 aliphatic heterocycles. The van der Waals surface area contributed by atoms with Gasteiger partial charge in [-0.3, -0.25) is 0 Å². The predicted molar refractivity (Wildman–Crippen MR) is 74.1 cm³/mol. The number of halogens is 2. The number of benzene rings is 1. The Labute approximate surface area is 116 Å². The van der Waals surface area contributed by atoms with E-state index in [1.165, 1.54) is 0 Å². The minimum absolute atomic E-state index is 0.539. The van der Waals surface area contributed by atoms with Gasteiger partial charge in [-0.15, -0.1) is 0 Å². The third kappa shape index (κ3) is 3.15. The number of rotatable bonds is 5. The van der Waals surface area contributed by atoms with Gasteiger partial charge in [0.15, 0.2) is 0 Å². The van der Waals surface area contributed by atoms with E-state index in [4.69, 9.17) is 23.2 Å². The molecule has 6 heteroatoms. The van der Waals surface area contributed by atoms with E-state index in [1.807, 2.05) is 10.7 Å². The highest BCUT2D eigenvalue weighted by atomic mass is 35.5. The van der Waals surface area contributed by atoms with E-state index in [9.17, 15) is 0 Å². The number of anilines is 1. The van der Waals surface area contributed by atoms with Gasteiger partial charge in [0, 0.05) is 12.2 Å². The van der Waals surface area contributed by atoms with Crippen molar-refractivity contribution in [3.05, 3.63) is 40.4 Å². The van der Waals surface area contributed by atoms with Crippen LogP contribution in [0.5, 0.6) is 0 Å². The molecule has 0 fully saturated rings. The van der Waals surface area contributed by atoms with Gasteiger partial charge in [-0.05, 0) is 24.6 Å². The van der Waals surface area contributed by atoms with E-state index in [0.29, 0.717) is 16.6 Å². The maximum absolute atomic E-state index is 5.95. The molecule has 4 nitrogen and oxygen atoms in total. The van der Waals surface area contributed by atoms with Crippen LogP contribution in [0.3, 0.4) is 0 Å². The summed E-state index contributed by atoms with van der Waals surface area (Å²) in [4.78, 5) is 4.22. The van der Waals surface area contributed by atoms with Crippen LogP contribution in [0.4, 0.5) is 5.69 Å². The summed E-state index contributed by atoms with van der Waals surface area (Å²) in [5, 5.41) is 8.51. The highest BCUT2D eigenvalue weighted by Gasteiger charge is 2.04. The number of nitrogens with one attached hydrogen (secondary N) is 1. The molecule has 1 N–H and O–H groups in total. The van der Waals surface area contributed by atoms with Crippen LogP contribution < -0.4 is 5.32 Å². The Hall–Kier alpha value is -1.26. The second kappa shape index (κ2) is 6.07. The molecule has 0 saturated heterocycles. The zero-order chi connectivity index (χ0) is 13.0. The fourth-order valence-electron chi connectivity index (χ4n) is 1.61. The monoisotopic (exact) mass is 284 g/mol. The molecule has 0 unspecified atom stereocenters. The second-order valence-electron chi connectivity index (χ2n) is 3.88. The minimum Gasteiger partial charge on any atom is -0.378 e. The van der Waals surface area contributed by atoms with Crippen LogP contribution in [0.2, 0.25) is 10.0 Å². The van der Waals surface area contributed by atoms with Crippen molar-refractivity contribution in [3.63, 3.8) is 0 Å². The van der Waals surface area contributed by atoms with Crippen molar-refractivity contribution in [2.45, 2.75) is 26.4 Å². The van der Waals surface area contributed by atoms with Crippen molar-refractivity contribution in [3.8, 4) is 0 Å². The molecule has 0 aliphatic rings. The summed E-state index contributed by atoms with van der Waals surface area (Å²) >= 11 is 11.8. The molecule has 2 rings (SSSR count). The lowest BCUT2D eigenvalue weighted by molar-refractivity contribution is 0.574. The molecule has 0 radical (unpaired) electrons. The summed E-state index contributed by atoms with van der Waals surface area (Å²) in [5.74, 6) is 0.905. The van der Waals surface area contributed by atoms with Crippen LogP contribution in [0.15, 0.2) is 24.5 Å². The lowest BCUT2D eigenvalue weighted by Gasteiger charge is -2.08. The van der Waals surface area contributed by atoms with E-state index in [0.717, 1.165) is 24.5 Å². The molecule has 1 heterocycles. The summed E-state index contributed by atoms with van der Waals surface area (Å²) in [7, 11) is 0. The molecular formula is C12H14Cl2N4. The molecule has 1 aromatic heterocycles. The van der Waals surface area contributed by atoms with Crippen LogP contribution in [-0.2, 0) is 13.1 Å². The number of hydrogen-bond donors (Lipinski definition) is 1. The van der Waals surface area contributed by atoms with Gasteiger partial charge >= 0.3 is 0 Å². The lowest BCUT2D eigenvalue weighted by Crippen LogP contribution is -2.10. The van der Waals surface area contributed by atoms with Crippen LogP contribution >= 0.6 is 23.2 Å². The van der Waals surface area contributed by atoms with E-state index in [1.54, 1.807) is 18.5 Å². The molecule has 96 valence electrons. The van der Waals surface area contributed by atoms with Crippen LogP contribution in [0, 0.1) is 0 Å². The third-order valence-corrected chi connectivity index (χ3v) is 3.24. The topological polar surface area (TPSA) is 42.7 Å². The van der Waals surface area contributed by atoms with Gasteiger partial charge in [0.05, 0.1) is 16.6 Å². The van der Waals surface area contributed by atoms with Crippen molar-refractivity contribution < 1.29 is 0 Å². The van der Waals surface area contributed by atoms with Gasteiger partial charge in [-0.2, -0.15) is 5.10 Å². The third-order valence-electron chi connectivity index (χ3n) is 2.50. The normalized spacial score (nSPS) is 10.6. The van der Waals surface area contributed by atoms with Gasteiger partial charge in [-0.1, -0.05) is 30.1 Å². The van der Waals surface area contributed by atoms with Gasteiger partial charge in [0.2, 0.25) is 0 Å². The Morgan fingerprint density at radius 3 is 2.83 bits per heavy atom. The van der Waals surface area contributed by atoms with E-state index in [-0.39, 0.29) is 0 Å². The highest BCUT2D eigenvalue weighted by molar-refractivity contribution is 6.42. The molecule has 0 aliphatic carbocycles. The van der Waals surface area contributed by atoms with Crippen molar-refractivity contribution in [2.75, 3.05) is 5.32 Å². The number of aryl methyl sites for hydroxylation is 1. The molecule has 18 heavy (non-hydrogen) atoms. The number of nitrogens with zero attached hydrogens (tertiary/aromatic N) is 3. The summed E-state index contributed by atoms with van der Waals surface area (Å²) < 4.78 is 1.89. The molecule has 0 spiro atoms. The zero-order valence-electron chi connectivity index (χ0n) is 10.0. The number of hydrogen-bond acceptors (Lipinski definition) is 3. The molecular weight excluding hydrogens is 271 g/mol. The molecule has 0 atom stereocenters. The zero-order valence-corrected chi connectivity index (χ0v) is 11.5.